The van der Waals surface area contributed by atoms with Crippen molar-refractivity contribution in [1.29, 1.82) is 5.26 Å². The fourth-order valence-electron chi connectivity index (χ4n) is 1.89. The highest BCUT2D eigenvalue weighted by Crippen LogP contribution is 2.24. The maximum atomic E-state index is 9.15. The molecule has 23 heavy (non-hydrogen) atoms. The largest absolute Gasteiger partial charge is 0.417 e. The van der Waals surface area contributed by atoms with Crippen LogP contribution in [0.2, 0.25) is 5.02 Å². The van der Waals surface area contributed by atoms with Crippen molar-refractivity contribution in [3.05, 3.63) is 70.9 Å². The third-order valence-electron chi connectivity index (χ3n) is 3.00. The first-order valence-electron chi connectivity index (χ1n) is 6.77. The van der Waals surface area contributed by atoms with Crippen LogP contribution in [0.3, 0.4) is 0 Å². The summed E-state index contributed by atoms with van der Waals surface area (Å²) in [4.78, 5) is 4.15. The van der Waals surface area contributed by atoms with E-state index < -0.39 is 0 Å². The molecule has 0 unspecified atom stereocenters. The van der Waals surface area contributed by atoms with Gasteiger partial charge in [-0.2, -0.15) is 15.3 Å². The second kappa shape index (κ2) is 6.77. The van der Waals surface area contributed by atoms with Crippen molar-refractivity contribution in [2.24, 2.45) is 5.10 Å². The lowest BCUT2D eigenvalue weighted by Gasteiger charge is -1.96. The van der Waals surface area contributed by atoms with Crippen LogP contribution in [0.5, 0.6) is 0 Å². The Labute approximate surface area is 137 Å². The minimum absolute atomic E-state index is 0.150. The topological polar surface area (TPSA) is 74.2 Å². The number of aromatic nitrogens is 1. The highest BCUT2D eigenvalue weighted by atomic mass is 35.5. The molecule has 2 aromatic carbocycles. The Morgan fingerprint density at radius 2 is 1.87 bits per heavy atom. The van der Waals surface area contributed by atoms with Gasteiger partial charge in [-0.15, -0.1) is 0 Å². The Morgan fingerprint density at radius 3 is 2.57 bits per heavy atom. The van der Waals surface area contributed by atoms with Crippen LogP contribution in [0.1, 0.15) is 11.3 Å². The fourth-order valence-corrected chi connectivity index (χ4v) is 2.02. The third kappa shape index (κ3) is 3.57. The minimum Gasteiger partial charge on any atom is -0.417 e. The molecule has 3 rings (SSSR count). The molecule has 112 valence electrons. The number of rotatable bonds is 4. The molecule has 0 fully saturated rings. The van der Waals surface area contributed by atoms with Gasteiger partial charge in [0.2, 0.25) is 11.6 Å². The number of hydrogen-bond acceptors (Lipinski definition) is 5. The van der Waals surface area contributed by atoms with Crippen molar-refractivity contribution in [3.63, 3.8) is 0 Å². The van der Waals surface area contributed by atoms with Gasteiger partial charge >= 0.3 is 0 Å². The predicted octanol–water partition coefficient (Wildman–Crippen LogP) is 4.31. The molecule has 0 aliphatic heterocycles. The highest BCUT2D eigenvalue weighted by Gasteiger charge is 2.13. The number of benzene rings is 2. The molecule has 5 nitrogen and oxygen atoms in total. The van der Waals surface area contributed by atoms with E-state index in [9.17, 15) is 0 Å². The molecule has 0 aliphatic carbocycles. The van der Waals surface area contributed by atoms with Crippen molar-refractivity contribution in [3.8, 4) is 17.5 Å². The average Bonchev–Trinajstić information content (AvgIpc) is 3.01. The summed E-state index contributed by atoms with van der Waals surface area (Å²) >= 11 is 5.82. The third-order valence-corrected chi connectivity index (χ3v) is 3.26. The Hall–Kier alpha value is -3.10. The van der Waals surface area contributed by atoms with Gasteiger partial charge in [0.1, 0.15) is 6.07 Å². The summed E-state index contributed by atoms with van der Waals surface area (Å²) in [6.45, 7) is 0. The van der Waals surface area contributed by atoms with Gasteiger partial charge in [0, 0.05) is 10.6 Å². The van der Waals surface area contributed by atoms with Crippen LogP contribution in [0, 0.1) is 11.3 Å². The van der Waals surface area contributed by atoms with E-state index in [0.29, 0.717) is 10.9 Å². The number of nitrogens with zero attached hydrogens (tertiary/aromatic N) is 3. The van der Waals surface area contributed by atoms with Gasteiger partial charge in [-0.25, -0.2) is 5.43 Å². The van der Waals surface area contributed by atoms with Gasteiger partial charge < -0.3 is 4.42 Å². The van der Waals surface area contributed by atoms with Crippen molar-refractivity contribution >= 4 is 23.7 Å². The molecule has 0 atom stereocenters. The SMILES string of the molecule is N#Cc1nc(-c2ccccc2)oc1NN=Cc1ccc(Cl)cc1. The lowest BCUT2D eigenvalue weighted by atomic mass is 10.2. The lowest BCUT2D eigenvalue weighted by molar-refractivity contribution is 0.587. The van der Waals surface area contributed by atoms with Gasteiger partial charge in [-0.3, -0.25) is 0 Å². The summed E-state index contributed by atoms with van der Waals surface area (Å²) in [6.07, 6.45) is 1.60. The molecule has 0 radical (unpaired) electrons. The van der Waals surface area contributed by atoms with Gasteiger partial charge in [-0.05, 0) is 29.8 Å². The van der Waals surface area contributed by atoms with Crippen LogP contribution in [-0.4, -0.2) is 11.2 Å². The number of hydrazone groups is 1. The first-order chi connectivity index (χ1) is 11.3. The smallest absolute Gasteiger partial charge is 0.252 e. The molecule has 0 aliphatic rings. The lowest BCUT2D eigenvalue weighted by Crippen LogP contribution is -1.91. The summed E-state index contributed by atoms with van der Waals surface area (Å²) in [5, 5.41) is 13.9. The summed E-state index contributed by atoms with van der Waals surface area (Å²) in [5.41, 5.74) is 4.51. The summed E-state index contributed by atoms with van der Waals surface area (Å²) in [7, 11) is 0. The first-order valence-corrected chi connectivity index (χ1v) is 7.15. The summed E-state index contributed by atoms with van der Waals surface area (Å²) < 4.78 is 5.57. The van der Waals surface area contributed by atoms with Crippen molar-refractivity contribution in [2.45, 2.75) is 0 Å². The maximum absolute atomic E-state index is 9.15. The van der Waals surface area contributed by atoms with Gasteiger partial charge in [-0.1, -0.05) is 41.9 Å². The van der Waals surface area contributed by atoms with E-state index in [1.807, 2.05) is 48.5 Å². The molecule has 1 aromatic heterocycles. The van der Waals surface area contributed by atoms with Gasteiger partial charge in [0.15, 0.2) is 0 Å². The molecule has 1 N–H and O–H groups in total. The number of anilines is 1. The standard InChI is InChI=1S/C17H11ClN4O/c18-14-8-6-12(7-9-14)11-20-22-17-15(10-19)21-16(23-17)13-4-2-1-3-5-13/h1-9,11,22H. The van der Waals surface area contributed by atoms with Crippen LogP contribution in [-0.2, 0) is 0 Å². The molecule has 0 spiro atoms. The minimum atomic E-state index is 0.150. The molecule has 6 heteroatoms. The Morgan fingerprint density at radius 1 is 1.13 bits per heavy atom. The van der Waals surface area contributed by atoms with E-state index in [-0.39, 0.29) is 11.6 Å². The van der Waals surface area contributed by atoms with E-state index in [1.54, 1.807) is 18.3 Å². The highest BCUT2D eigenvalue weighted by molar-refractivity contribution is 6.30. The van der Waals surface area contributed by atoms with E-state index >= 15 is 0 Å². The molecule has 3 aromatic rings. The fraction of sp³-hybridized carbons (Fsp3) is 0. The second-order valence-corrected chi connectivity index (χ2v) is 5.03. The van der Waals surface area contributed by atoms with Crippen LogP contribution >= 0.6 is 11.6 Å². The zero-order valence-electron chi connectivity index (χ0n) is 11.9. The number of oxazole rings is 1. The van der Waals surface area contributed by atoms with Crippen molar-refractivity contribution in [2.75, 3.05) is 5.43 Å². The zero-order valence-corrected chi connectivity index (χ0v) is 12.7. The number of nitrogens with one attached hydrogen (secondary N) is 1. The Balaban J connectivity index is 1.79. The molecule has 0 bridgehead atoms. The van der Waals surface area contributed by atoms with Gasteiger partial charge in [0.05, 0.1) is 6.21 Å². The van der Waals surface area contributed by atoms with Crippen LogP contribution < -0.4 is 5.43 Å². The van der Waals surface area contributed by atoms with Crippen molar-refractivity contribution < 1.29 is 4.42 Å². The Kier molecular flexibility index (Phi) is 4.37. The molecule has 0 saturated carbocycles. The van der Waals surface area contributed by atoms with Crippen molar-refractivity contribution in [1.82, 2.24) is 4.98 Å². The van der Waals surface area contributed by atoms with E-state index in [0.717, 1.165) is 11.1 Å². The maximum Gasteiger partial charge on any atom is 0.252 e. The molecule has 0 amide bonds. The van der Waals surface area contributed by atoms with Crippen LogP contribution in [0.25, 0.3) is 11.5 Å². The number of nitriles is 1. The summed E-state index contributed by atoms with van der Waals surface area (Å²) in [6, 6.07) is 18.5. The van der Waals surface area contributed by atoms with E-state index in [1.165, 1.54) is 0 Å². The predicted molar refractivity (Wildman–Crippen MR) is 89.3 cm³/mol. The van der Waals surface area contributed by atoms with E-state index in [2.05, 4.69) is 15.5 Å². The first kappa shape index (κ1) is 14.8. The molecule has 0 saturated heterocycles. The zero-order chi connectivity index (χ0) is 16.1. The average molecular weight is 323 g/mol. The monoisotopic (exact) mass is 322 g/mol. The molecular weight excluding hydrogens is 312 g/mol. The normalized spacial score (nSPS) is 10.6. The molecule has 1 heterocycles. The second-order valence-electron chi connectivity index (χ2n) is 4.60. The number of hydrogen-bond donors (Lipinski definition) is 1. The van der Waals surface area contributed by atoms with Crippen LogP contribution in [0.15, 0.2) is 64.1 Å². The number of halogens is 1. The Bertz CT molecular complexity index is 864. The van der Waals surface area contributed by atoms with E-state index in [4.69, 9.17) is 21.3 Å². The summed E-state index contributed by atoms with van der Waals surface area (Å²) in [5.74, 6) is 0.572. The van der Waals surface area contributed by atoms with Gasteiger partial charge in [0.25, 0.3) is 5.88 Å². The van der Waals surface area contributed by atoms with Crippen LogP contribution in [0.4, 0.5) is 5.88 Å². The molecular formula is C17H11ClN4O. The quantitative estimate of drug-likeness (QED) is 0.573.